The number of nitrogens with zero attached hydrogens (tertiary/aromatic N) is 1. The van der Waals surface area contributed by atoms with Crippen LogP contribution in [0.3, 0.4) is 0 Å². The first-order chi connectivity index (χ1) is 20.0. The van der Waals surface area contributed by atoms with Gasteiger partial charge in [-0.3, -0.25) is 19.3 Å². The first kappa shape index (κ1) is 29.4. The molecule has 1 saturated heterocycles. The van der Waals surface area contributed by atoms with Gasteiger partial charge in [-0.25, -0.2) is 0 Å². The summed E-state index contributed by atoms with van der Waals surface area (Å²) in [6, 6.07) is 7.85. The van der Waals surface area contributed by atoms with Crippen LogP contribution >= 0.6 is 0 Å². The molecule has 1 heterocycles. The molecule has 4 fully saturated rings. The molecule has 0 radical (unpaired) electrons. The molecule has 1 aromatic carbocycles. The molecule has 2 N–H and O–H groups in total. The molecule has 6 rings (SSSR count). The van der Waals surface area contributed by atoms with E-state index < -0.39 is 40.9 Å². The van der Waals surface area contributed by atoms with E-state index in [1.165, 1.54) is 5.56 Å². The molecule has 5 aliphatic rings. The largest absolute Gasteiger partial charge is 0.457 e. The lowest BCUT2D eigenvalue weighted by molar-refractivity contribution is -0.181. The Morgan fingerprint density at radius 2 is 1.81 bits per heavy atom. The molecule has 0 aromatic heterocycles. The molecular formula is C34H43NO7. The topological polar surface area (TPSA) is 113 Å². The molecule has 8 nitrogen and oxygen atoms in total. The minimum absolute atomic E-state index is 0.00719. The standard InChI is InChI=1S/C34H43NO7/c1-32-11-9-25(36)18-24(32)7-8-26-27-10-12-34(40,33(27,2)19-28(37)31(26)32)29(38)21-42-30(39)17-22-3-5-23(6-4-22)20-35-13-15-41-16-14-35/h3-6,9,11,18,26-28,31,37,40H,7-8,10,12-17,19-21H2,1-2H3/t26?,27?,28?,31?,32?,33?,34-/m0/s1. The summed E-state index contributed by atoms with van der Waals surface area (Å²) in [4.78, 5) is 40.6. The number of allylic oxidation sites excluding steroid dienone is 4. The number of hydrogen-bond acceptors (Lipinski definition) is 8. The summed E-state index contributed by atoms with van der Waals surface area (Å²) in [6.45, 7) is 7.70. The lowest BCUT2D eigenvalue weighted by Gasteiger charge is -2.59. The number of ether oxygens (including phenoxy) is 2. The van der Waals surface area contributed by atoms with Crippen molar-refractivity contribution in [2.45, 2.75) is 70.6 Å². The third kappa shape index (κ3) is 5.00. The highest BCUT2D eigenvalue weighted by molar-refractivity contribution is 6.01. The maximum atomic E-state index is 13.5. The Labute approximate surface area is 247 Å². The smallest absolute Gasteiger partial charge is 0.310 e. The molecule has 226 valence electrons. The molecule has 0 bridgehead atoms. The van der Waals surface area contributed by atoms with Gasteiger partial charge in [-0.15, -0.1) is 0 Å². The van der Waals surface area contributed by atoms with Crippen molar-refractivity contribution >= 4 is 17.5 Å². The lowest BCUT2D eigenvalue weighted by atomic mass is 9.46. The molecule has 1 aromatic rings. The van der Waals surface area contributed by atoms with Crippen LogP contribution in [0.1, 0.15) is 57.1 Å². The Balaban J connectivity index is 1.08. The number of rotatable bonds is 7. The number of benzene rings is 1. The van der Waals surface area contributed by atoms with Gasteiger partial charge in [-0.1, -0.05) is 49.8 Å². The van der Waals surface area contributed by atoms with Crippen LogP contribution in [0.2, 0.25) is 0 Å². The summed E-state index contributed by atoms with van der Waals surface area (Å²) >= 11 is 0. The number of Topliss-reactive ketones (excluding diaryl/α,β-unsaturated/α-hetero) is 1. The molecule has 0 amide bonds. The first-order valence-corrected chi connectivity index (χ1v) is 15.4. The van der Waals surface area contributed by atoms with Crippen LogP contribution in [0.15, 0.2) is 48.1 Å². The second-order valence-corrected chi connectivity index (χ2v) is 13.6. The van der Waals surface area contributed by atoms with E-state index in [9.17, 15) is 24.6 Å². The van der Waals surface area contributed by atoms with Gasteiger partial charge >= 0.3 is 5.97 Å². The molecule has 4 aliphatic carbocycles. The van der Waals surface area contributed by atoms with E-state index in [1.54, 1.807) is 12.2 Å². The Hall–Kier alpha value is -2.65. The van der Waals surface area contributed by atoms with E-state index in [2.05, 4.69) is 11.8 Å². The Kier molecular flexibility index (Phi) is 7.79. The van der Waals surface area contributed by atoms with E-state index in [4.69, 9.17) is 9.47 Å². The monoisotopic (exact) mass is 577 g/mol. The van der Waals surface area contributed by atoms with E-state index >= 15 is 0 Å². The van der Waals surface area contributed by atoms with E-state index in [-0.39, 0.29) is 36.4 Å². The van der Waals surface area contributed by atoms with Crippen LogP contribution in [-0.4, -0.2) is 77.3 Å². The third-order valence-electron chi connectivity index (χ3n) is 11.4. The number of morpholine rings is 1. The number of carbonyl (C=O) groups is 3. The normalized spacial score (nSPS) is 37.8. The Morgan fingerprint density at radius 3 is 2.55 bits per heavy atom. The maximum absolute atomic E-state index is 13.5. The quantitative estimate of drug-likeness (QED) is 0.475. The van der Waals surface area contributed by atoms with E-state index in [1.807, 2.05) is 37.3 Å². The van der Waals surface area contributed by atoms with Gasteiger partial charge in [-0.2, -0.15) is 0 Å². The SMILES string of the molecule is CC12C=CC(=O)C=C1CCC1C2C(O)CC2(C)C1CC[C@]2(O)C(=O)COC(=O)Cc1ccc(CN2CCOCC2)cc1. The average molecular weight is 578 g/mol. The van der Waals surface area contributed by atoms with E-state index in [0.29, 0.717) is 12.8 Å². The number of aliphatic hydroxyl groups excluding tert-OH is 1. The van der Waals surface area contributed by atoms with Gasteiger partial charge in [0.05, 0.1) is 25.7 Å². The Morgan fingerprint density at radius 1 is 1.10 bits per heavy atom. The van der Waals surface area contributed by atoms with Crippen molar-refractivity contribution in [3.05, 3.63) is 59.2 Å². The van der Waals surface area contributed by atoms with Crippen LogP contribution in [0, 0.1) is 28.6 Å². The second kappa shape index (κ2) is 11.1. The van der Waals surface area contributed by atoms with Gasteiger partial charge in [0.15, 0.2) is 12.4 Å². The van der Waals surface area contributed by atoms with Gasteiger partial charge in [0.1, 0.15) is 5.60 Å². The number of hydrogen-bond donors (Lipinski definition) is 2. The van der Waals surface area contributed by atoms with Gasteiger partial charge in [0, 0.05) is 36.4 Å². The van der Waals surface area contributed by atoms with Gasteiger partial charge < -0.3 is 19.7 Å². The predicted octanol–water partition coefficient (Wildman–Crippen LogP) is 3.18. The van der Waals surface area contributed by atoms with Crippen LogP contribution in [-0.2, 0) is 36.8 Å². The summed E-state index contributed by atoms with van der Waals surface area (Å²) in [5, 5.41) is 23.4. The van der Waals surface area contributed by atoms with E-state index in [0.717, 1.165) is 56.8 Å². The summed E-state index contributed by atoms with van der Waals surface area (Å²) in [5.74, 6) is -0.902. The van der Waals surface area contributed by atoms with Gasteiger partial charge in [0.25, 0.3) is 0 Å². The van der Waals surface area contributed by atoms with Crippen molar-refractivity contribution in [1.29, 1.82) is 0 Å². The van der Waals surface area contributed by atoms with Crippen molar-refractivity contribution in [3.8, 4) is 0 Å². The zero-order valence-electron chi connectivity index (χ0n) is 24.7. The van der Waals surface area contributed by atoms with Crippen molar-refractivity contribution in [3.63, 3.8) is 0 Å². The van der Waals surface area contributed by atoms with Crippen molar-refractivity contribution in [1.82, 2.24) is 4.90 Å². The van der Waals surface area contributed by atoms with Crippen LogP contribution in [0.5, 0.6) is 0 Å². The molecule has 8 heteroatoms. The average Bonchev–Trinajstić information content (AvgIpc) is 3.24. The summed E-state index contributed by atoms with van der Waals surface area (Å²) < 4.78 is 10.8. The molecule has 6 unspecified atom stereocenters. The van der Waals surface area contributed by atoms with Crippen LogP contribution in [0.25, 0.3) is 0 Å². The van der Waals surface area contributed by atoms with Crippen molar-refractivity contribution < 1.29 is 34.1 Å². The minimum Gasteiger partial charge on any atom is -0.457 e. The highest BCUT2D eigenvalue weighted by Gasteiger charge is 2.68. The van der Waals surface area contributed by atoms with Gasteiger partial charge in [-0.05, 0) is 67.2 Å². The van der Waals surface area contributed by atoms with Crippen molar-refractivity contribution in [2.75, 3.05) is 32.9 Å². The Bertz CT molecular complexity index is 1300. The maximum Gasteiger partial charge on any atom is 0.310 e. The molecule has 42 heavy (non-hydrogen) atoms. The predicted molar refractivity (Wildman–Crippen MR) is 155 cm³/mol. The zero-order valence-corrected chi connectivity index (χ0v) is 24.7. The summed E-state index contributed by atoms with van der Waals surface area (Å²) in [7, 11) is 0. The number of carbonyl (C=O) groups excluding carboxylic acids is 3. The summed E-state index contributed by atoms with van der Waals surface area (Å²) in [6.07, 6.45) is 7.45. The highest BCUT2D eigenvalue weighted by atomic mass is 16.5. The fourth-order valence-electron chi connectivity index (χ4n) is 9.05. The molecular weight excluding hydrogens is 534 g/mol. The van der Waals surface area contributed by atoms with Crippen LogP contribution < -0.4 is 0 Å². The molecule has 1 aliphatic heterocycles. The fourth-order valence-corrected chi connectivity index (χ4v) is 9.05. The summed E-state index contributed by atoms with van der Waals surface area (Å²) in [5.41, 5.74) is 0.156. The number of fused-ring (bicyclic) bond motifs is 5. The van der Waals surface area contributed by atoms with Crippen molar-refractivity contribution in [2.24, 2.45) is 28.6 Å². The molecule has 3 saturated carbocycles. The van der Waals surface area contributed by atoms with Gasteiger partial charge in [0.2, 0.25) is 5.78 Å². The number of ketones is 2. The number of aliphatic hydroxyl groups is 2. The molecule has 0 spiro atoms. The lowest BCUT2D eigenvalue weighted by Crippen LogP contribution is -2.61. The van der Waals surface area contributed by atoms with Crippen LogP contribution in [0.4, 0.5) is 0 Å². The molecule has 7 atom stereocenters. The minimum atomic E-state index is -1.67. The first-order valence-electron chi connectivity index (χ1n) is 15.4. The third-order valence-corrected chi connectivity index (χ3v) is 11.4. The highest BCUT2D eigenvalue weighted by Crippen LogP contribution is 2.67. The zero-order chi connectivity index (χ0) is 29.7. The second-order valence-electron chi connectivity index (χ2n) is 13.6. The fraction of sp³-hybridized carbons (Fsp3) is 0.618. The number of esters is 1.